The van der Waals surface area contributed by atoms with Crippen molar-refractivity contribution < 1.29 is 14.6 Å². The number of carbonyl (C=O) groups is 1. The van der Waals surface area contributed by atoms with E-state index in [9.17, 15) is 4.79 Å². The fourth-order valence-electron chi connectivity index (χ4n) is 2.70. The van der Waals surface area contributed by atoms with Crippen molar-refractivity contribution in [2.45, 2.75) is 20.1 Å². The number of carboxylic acids is 1. The number of rotatable bonds is 8. The molecular formula is C21H20BrN3O3. The minimum absolute atomic E-state index is 0.0749. The van der Waals surface area contributed by atoms with Gasteiger partial charge in [-0.25, -0.2) is 14.8 Å². The number of hydrogen-bond donors (Lipinski definition) is 1. The quantitative estimate of drug-likeness (QED) is 0.552. The highest BCUT2D eigenvalue weighted by Gasteiger charge is 2.13. The number of hydrogen-bond acceptors (Lipinski definition) is 5. The molecular weight excluding hydrogens is 422 g/mol. The first-order valence-electron chi connectivity index (χ1n) is 8.82. The second-order valence-corrected chi connectivity index (χ2v) is 7.02. The zero-order valence-electron chi connectivity index (χ0n) is 15.4. The average molecular weight is 442 g/mol. The van der Waals surface area contributed by atoms with E-state index in [0.717, 1.165) is 21.3 Å². The number of aromatic carboxylic acids is 1. The van der Waals surface area contributed by atoms with Crippen LogP contribution in [-0.2, 0) is 13.2 Å². The second-order valence-electron chi connectivity index (χ2n) is 6.11. The fraction of sp³-hybridized carbons (Fsp3) is 0.190. The molecule has 0 aliphatic heterocycles. The lowest BCUT2D eigenvalue weighted by molar-refractivity contribution is 0.0690. The third-order valence-corrected chi connectivity index (χ3v) is 4.68. The van der Waals surface area contributed by atoms with E-state index in [1.165, 1.54) is 12.4 Å². The third kappa shape index (κ3) is 5.07. The molecule has 1 heterocycles. The van der Waals surface area contributed by atoms with Crippen molar-refractivity contribution in [3.05, 3.63) is 82.2 Å². The van der Waals surface area contributed by atoms with Gasteiger partial charge in [-0.05, 0) is 30.7 Å². The Bertz CT molecular complexity index is 933. The predicted molar refractivity (Wildman–Crippen MR) is 111 cm³/mol. The molecule has 0 unspecified atom stereocenters. The predicted octanol–water partition coefficient (Wildman–Crippen LogP) is 4.54. The van der Waals surface area contributed by atoms with Gasteiger partial charge in [-0.2, -0.15) is 0 Å². The summed E-state index contributed by atoms with van der Waals surface area (Å²) in [6, 6.07) is 15.9. The van der Waals surface area contributed by atoms with Crippen LogP contribution in [0.5, 0.6) is 5.75 Å². The Labute approximate surface area is 172 Å². The van der Waals surface area contributed by atoms with Crippen LogP contribution in [0, 0.1) is 0 Å². The molecule has 0 fully saturated rings. The summed E-state index contributed by atoms with van der Waals surface area (Å²) in [5, 5.41) is 8.99. The normalized spacial score (nSPS) is 10.5. The van der Waals surface area contributed by atoms with Crippen LogP contribution in [0.15, 0.2) is 65.4 Å². The van der Waals surface area contributed by atoms with Gasteiger partial charge in [-0.15, -0.1) is 0 Å². The lowest BCUT2D eigenvalue weighted by Crippen LogP contribution is -2.24. The van der Waals surface area contributed by atoms with E-state index in [-0.39, 0.29) is 5.69 Å². The fourth-order valence-corrected chi connectivity index (χ4v) is 3.11. The van der Waals surface area contributed by atoms with Crippen LogP contribution in [0.3, 0.4) is 0 Å². The number of anilines is 1. The molecule has 0 saturated heterocycles. The number of benzene rings is 2. The Morgan fingerprint density at radius 3 is 2.57 bits per heavy atom. The van der Waals surface area contributed by atoms with Crippen LogP contribution < -0.4 is 9.64 Å². The number of carboxylic acid groups (broad SMARTS) is 1. The van der Waals surface area contributed by atoms with Crippen LogP contribution in [0.25, 0.3) is 0 Å². The van der Waals surface area contributed by atoms with Crippen LogP contribution in [0.4, 0.5) is 5.82 Å². The zero-order valence-corrected chi connectivity index (χ0v) is 17.0. The minimum Gasteiger partial charge on any atom is -0.489 e. The first-order valence-corrected chi connectivity index (χ1v) is 9.61. The number of aromatic nitrogens is 2. The van der Waals surface area contributed by atoms with Gasteiger partial charge in [-0.3, -0.25) is 0 Å². The molecule has 1 N–H and O–H groups in total. The van der Waals surface area contributed by atoms with Gasteiger partial charge in [0.05, 0.1) is 12.4 Å². The maximum atomic E-state index is 11.0. The lowest BCUT2D eigenvalue weighted by Gasteiger charge is -2.23. The molecule has 7 heteroatoms. The summed E-state index contributed by atoms with van der Waals surface area (Å²) in [6.45, 7) is 3.73. The van der Waals surface area contributed by atoms with Crippen molar-refractivity contribution >= 4 is 27.7 Å². The van der Waals surface area contributed by atoms with Crippen LogP contribution in [0.2, 0.25) is 0 Å². The van der Waals surface area contributed by atoms with Crippen LogP contribution >= 0.6 is 15.9 Å². The van der Waals surface area contributed by atoms with Gasteiger partial charge in [0.25, 0.3) is 0 Å². The topological polar surface area (TPSA) is 75.5 Å². The smallest absolute Gasteiger partial charge is 0.356 e. The molecule has 0 amide bonds. The summed E-state index contributed by atoms with van der Waals surface area (Å²) in [7, 11) is 0. The summed E-state index contributed by atoms with van der Waals surface area (Å²) < 4.78 is 7.01. The molecule has 3 aromatic rings. The van der Waals surface area contributed by atoms with Crippen molar-refractivity contribution in [1.82, 2.24) is 9.97 Å². The zero-order chi connectivity index (χ0) is 19.9. The second kappa shape index (κ2) is 9.32. The molecule has 0 bridgehead atoms. The van der Waals surface area contributed by atoms with Crippen molar-refractivity contribution in [3.8, 4) is 5.75 Å². The number of nitrogens with zero attached hydrogens (tertiary/aromatic N) is 3. The van der Waals surface area contributed by atoms with Crippen molar-refractivity contribution in [2.75, 3.05) is 11.4 Å². The molecule has 3 rings (SSSR count). The maximum absolute atomic E-state index is 11.0. The molecule has 1 aromatic heterocycles. The summed E-state index contributed by atoms with van der Waals surface area (Å²) in [6.07, 6.45) is 2.75. The SMILES string of the molecule is CCN(Cc1cc(Br)ccc1OCc1ccccc1)c1cnc(C(=O)O)cn1. The molecule has 0 radical (unpaired) electrons. The van der Waals surface area contributed by atoms with E-state index in [1.54, 1.807) is 0 Å². The first kappa shape index (κ1) is 19.8. The summed E-state index contributed by atoms with van der Waals surface area (Å²) in [4.78, 5) is 21.2. The first-order chi connectivity index (χ1) is 13.6. The summed E-state index contributed by atoms with van der Waals surface area (Å²) in [5.41, 5.74) is 2.02. The third-order valence-electron chi connectivity index (χ3n) is 4.18. The Morgan fingerprint density at radius 1 is 1.14 bits per heavy atom. The van der Waals surface area contributed by atoms with Gasteiger partial charge in [0.1, 0.15) is 18.2 Å². The van der Waals surface area contributed by atoms with Crippen molar-refractivity contribution in [1.29, 1.82) is 0 Å². The average Bonchev–Trinajstić information content (AvgIpc) is 2.72. The van der Waals surface area contributed by atoms with E-state index >= 15 is 0 Å². The molecule has 6 nitrogen and oxygen atoms in total. The molecule has 0 atom stereocenters. The summed E-state index contributed by atoms with van der Waals surface area (Å²) in [5.74, 6) is 0.313. The number of ether oxygens (including phenoxy) is 1. The molecule has 144 valence electrons. The van der Waals surface area contributed by atoms with Crippen molar-refractivity contribution in [2.24, 2.45) is 0 Å². The van der Waals surface area contributed by atoms with E-state index < -0.39 is 5.97 Å². The van der Waals surface area contributed by atoms with Gasteiger partial charge >= 0.3 is 5.97 Å². The highest BCUT2D eigenvalue weighted by atomic mass is 79.9. The number of halogens is 1. The van der Waals surface area contributed by atoms with Gasteiger partial charge in [-0.1, -0.05) is 46.3 Å². The Hall–Kier alpha value is -2.93. The Balaban J connectivity index is 1.79. The van der Waals surface area contributed by atoms with Crippen LogP contribution in [0.1, 0.15) is 28.5 Å². The van der Waals surface area contributed by atoms with Gasteiger partial charge < -0.3 is 14.7 Å². The molecule has 0 aliphatic carbocycles. The molecule has 28 heavy (non-hydrogen) atoms. The van der Waals surface area contributed by atoms with Gasteiger partial charge in [0, 0.05) is 23.1 Å². The van der Waals surface area contributed by atoms with E-state index in [0.29, 0.717) is 25.5 Å². The Morgan fingerprint density at radius 2 is 1.93 bits per heavy atom. The largest absolute Gasteiger partial charge is 0.489 e. The van der Waals surface area contributed by atoms with E-state index in [2.05, 4.69) is 25.9 Å². The highest BCUT2D eigenvalue weighted by molar-refractivity contribution is 9.10. The summed E-state index contributed by atoms with van der Waals surface area (Å²) >= 11 is 3.52. The van der Waals surface area contributed by atoms with Crippen LogP contribution in [-0.4, -0.2) is 27.6 Å². The maximum Gasteiger partial charge on any atom is 0.356 e. The standard InChI is InChI=1S/C21H20BrN3O3/c1-2-25(20-12-23-18(11-24-20)21(26)27)13-16-10-17(22)8-9-19(16)28-14-15-6-4-3-5-7-15/h3-12H,2,13-14H2,1H3,(H,26,27). The molecule has 0 saturated carbocycles. The molecule has 0 aliphatic rings. The molecule has 2 aromatic carbocycles. The van der Waals surface area contributed by atoms with Crippen molar-refractivity contribution in [3.63, 3.8) is 0 Å². The monoisotopic (exact) mass is 441 g/mol. The lowest BCUT2D eigenvalue weighted by atomic mass is 10.2. The molecule has 0 spiro atoms. The highest BCUT2D eigenvalue weighted by Crippen LogP contribution is 2.27. The minimum atomic E-state index is -1.09. The van der Waals surface area contributed by atoms with Gasteiger partial charge in [0.15, 0.2) is 5.69 Å². The van der Waals surface area contributed by atoms with Gasteiger partial charge in [0.2, 0.25) is 0 Å². The van der Waals surface area contributed by atoms with E-state index in [4.69, 9.17) is 9.84 Å². The van der Waals surface area contributed by atoms with E-state index in [1.807, 2.05) is 60.4 Å². The Kier molecular flexibility index (Phi) is 6.60.